The van der Waals surface area contributed by atoms with E-state index in [0.29, 0.717) is 10.8 Å². The fourth-order valence-corrected chi connectivity index (χ4v) is 1.52. The SMILES string of the molecule is COc1cc(C)c(CNC(=O)C#N)cc1Cl. The Morgan fingerprint density at radius 2 is 2.31 bits per heavy atom. The third-order valence-electron chi connectivity index (χ3n) is 2.15. The van der Waals surface area contributed by atoms with Gasteiger partial charge in [-0.15, -0.1) is 0 Å². The smallest absolute Gasteiger partial charge is 0.322 e. The van der Waals surface area contributed by atoms with Gasteiger partial charge in [0, 0.05) is 6.54 Å². The Hall–Kier alpha value is -1.73. The second-order valence-electron chi connectivity index (χ2n) is 3.21. The van der Waals surface area contributed by atoms with Crippen LogP contribution in [0.2, 0.25) is 5.02 Å². The number of benzene rings is 1. The largest absolute Gasteiger partial charge is 0.495 e. The van der Waals surface area contributed by atoms with Gasteiger partial charge >= 0.3 is 5.91 Å². The predicted molar refractivity (Wildman–Crippen MR) is 60.2 cm³/mol. The van der Waals surface area contributed by atoms with Crippen LogP contribution in [0, 0.1) is 18.3 Å². The number of rotatable bonds is 3. The highest BCUT2D eigenvalue weighted by Gasteiger charge is 2.07. The third-order valence-corrected chi connectivity index (χ3v) is 2.45. The summed E-state index contributed by atoms with van der Waals surface area (Å²) in [6.07, 6.45) is 0. The summed E-state index contributed by atoms with van der Waals surface area (Å²) in [6, 6.07) is 4.99. The molecule has 0 spiro atoms. The van der Waals surface area contributed by atoms with E-state index in [1.54, 1.807) is 12.1 Å². The Bertz CT molecular complexity index is 452. The van der Waals surface area contributed by atoms with E-state index in [0.717, 1.165) is 11.1 Å². The number of carbonyl (C=O) groups is 1. The monoisotopic (exact) mass is 238 g/mol. The van der Waals surface area contributed by atoms with Crippen molar-refractivity contribution in [1.82, 2.24) is 5.32 Å². The Kier molecular flexibility index (Phi) is 4.15. The van der Waals surface area contributed by atoms with Crippen LogP contribution in [0.5, 0.6) is 5.75 Å². The minimum absolute atomic E-state index is 0.280. The second-order valence-corrected chi connectivity index (χ2v) is 3.61. The number of hydrogen-bond acceptors (Lipinski definition) is 3. The average Bonchev–Trinajstić information content (AvgIpc) is 2.29. The summed E-state index contributed by atoms with van der Waals surface area (Å²) in [7, 11) is 1.54. The van der Waals surface area contributed by atoms with Gasteiger partial charge in [0.05, 0.1) is 12.1 Å². The highest BCUT2D eigenvalue weighted by Crippen LogP contribution is 2.27. The van der Waals surface area contributed by atoms with E-state index in [4.69, 9.17) is 21.6 Å². The van der Waals surface area contributed by atoms with Gasteiger partial charge in [0.15, 0.2) is 6.07 Å². The van der Waals surface area contributed by atoms with E-state index in [2.05, 4.69) is 5.32 Å². The van der Waals surface area contributed by atoms with Crippen molar-refractivity contribution in [3.05, 3.63) is 28.3 Å². The van der Waals surface area contributed by atoms with Crippen molar-refractivity contribution < 1.29 is 9.53 Å². The molecule has 0 aliphatic heterocycles. The molecule has 0 atom stereocenters. The lowest BCUT2D eigenvalue weighted by Gasteiger charge is -2.09. The highest BCUT2D eigenvalue weighted by atomic mass is 35.5. The summed E-state index contributed by atoms with van der Waals surface area (Å²) >= 11 is 5.95. The first kappa shape index (κ1) is 12.3. The molecule has 1 rings (SSSR count). The Morgan fingerprint density at radius 3 is 2.88 bits per heavy atom. The molecule has 0 heterocycles. The molecule has 0 saturated heterocycles. The fourth-order valence-electron chi connectivity index (χ4n) is 1.26. The summed E-state index contributed by atoms with van der Waals surface area (Å²) in [6.45, 7) is 2.16. The molecule has 0 aromatic heterocycles. The first-order valence-electron chi connectivity index (χ1n) is 4.59. The maximum absolute atomic E-state index is 10.8. The van der Waals surface area contributed by atoms with Crippen LogP contribution in [-0.2, 0) is 11.3 Å². The molecule has 84 valence electrons. The molecular formula is C11H11ClN2O2. The zero-order valence-corrected chi connectivity index (χ0v) is 9.76. The third kappa shape index (κ3) is 2.88. The lowest BCUT2D eigenvalue weighted by Crippen LogP contribution is -2.21. The van der Waals surface area contributed by atoms with E-state index >= 15 is 0 Å². The maximum atomic E-state index is 10.8. The van der Waals surface area contributed by atoms with Crippen molar-refractivity contribution in [2.45, 2.75) is 13.5 Å². The second kappa shape index (κ2) is 5.38. The van der Waals surface area contributed by atoms with Crippen LogP contribution >= 0.6 is 11.6 Å². The number of nitrogens with one attached hydrogen (secondary N) is 1. The number of amides is 1. The summed E-state index contributed by atoms with van der Waals surface area (Å²) in [4.78, 5) is 10.8. The van der Waals surface area contributed by atoms with Crippen LogP contribution in [0.3, 0.4) is 0 Å². The number of hydrogen-bond donors (Lipinski definition) is 1. The summed E-state index contributed by atoms with van der Waals surface area (Å²) in [5, 5.41) is 11.2. The average molecular weight is 239 g/mol. The molecule has 16 heavy (non-hydrogen) atoms. The summed E-state index contributed by atoms with van der Waals surface area (Å²) in [5.74, 6) is -0.0686. The van der Waals surface area contributed by atoms with Gasteiger partial charge in [-0.2, -0.15) is 5.26 Å². The topological polar surface area (TPSA) is 62.1 Å². The van der Waals surface area contributed by atoms with Crippen LogP contribution in [-0.4, -0.2) is 13.0 Å². The van der Waals surface area contributed by atoms with Crippen molar-refractivity contribution in [3.63, 3.8) is 0 Å². The van der Waals surface area contributed by atoms with E-state index in [1.807, 2.05) is 6.92 Å². The van der Waals surface area contributed by atoms with E-state index < -0.39 is 5.91 Å². The number of aryl methyl sites for hydroxylation is 1. The van der Waals surface area contributed by atoms with Crippen LogP contribution in [0.25, 0.3) is 0 Å². The van der Waals surface area contributed by atoms with Gasteiger partial charge in [-0.3, -0.25) is 4.79 Å². The molecule has 1 N–H and O–H groups in total. The molecule has 4 nitrogen and oxygen atoms in total. The molecular weight excluding hydrogens is 228 g/mol. The van der Waals surface area contributed by atoms with Gasteiger partial charge < -0.3 is 10.1 Å². The molecule has 5 heteroatoms. The van der Waals surface area contributed by atoms with Crippen LogP contribution < -0.4 is 10.1 Å². The Balaban J connectivity index is 2.86. The van der Waals surface area contributed by atoms with Crippen LogP contribution in [0.4, 0.5) is 0 Å². The predicted octanol–water partition coefficient (Wildman–Crippen LogP) is 1.80. The van der Waals surface area contributed by atoms with Crippen LogP contribution in [0.1, 0.15) is 11.1 Å². The van der Waals surface area contributed by atoms with E-state index in [9.17, 15) is 4.79 Å². The zero-order valence-electron chi connectivity index (χ0n) is 9.00. The van der Waals surface area contributed by atoms with Crippen molar-refractivity contribution in [1.29, 1.82) is 5.26 Å². The maximum Gasteiger partial charge on any atom is 0.322 e. The van der Waals surface area contributed by atoms with E-state index in [1.165, 1.54) is 13.2 Å². The van der Waals surface area contributed by atoms with E-state index in [-0.39, 0.29) is 6.54 Å². The minimum Gasteiger partial charge on any atom is -0.495 e. The summed E-state index contributed by atoms with van der Waals surface area (Å²) in [5.41, 5.74) is 1.80. The molecule has 1 amide bonds. The normalized spacial score (nSPS) is 9.38. The Morgan fingerprint density at radius 1 is 1.62 bits per heavy atom. The molecule has 0 saturated carbocycles. The molecule has 0 unspecified atom stereocenters. The number of methoxy groups -OCH3 is 1. The lowest BCUT2D eigenvalue weighted by molar-refractivity contribution is -0.116. The molecule has 0 fully saturated rings. The molecule has 0 bridgehead atoms. The standard InChI is InChI=1S/C11H11ClN2O2/c1-7-3-10(16-2)9(12)4-8(7)6-14-11(15)5-13/h3-4H,6H2,1-2H3,(H,14,15). The van der Waals surface area contributed by atoms with Crippen molar-refractivity contribution >= 4 is 17.5 Å². The molecule has 1 aromatic rings. The fraction of sp³-hybridized carbons (Fsp3) is 0.273. The number of halogens is 1. The molecule has 0 radical (unpaired) electrons. The lowest BCUT2D eigenvalue weighted by atomic mass is 10.1. The first-order chi connectivity index (χ1) is 7.58. The summed E-state index contributed by atoms with van der Waals surface area (Å²) < 4.78 is 5.06. The Labute approximate surface area is 98.8 Å². The van der Waals surface area contributed by atoms with Gasteiger partial charge in [0.25, 0.3) is 0 Å². The van der Waals surface area contributed by atoms with Gasteiger partial charge in [0.1, 0.15) is 5.75 Å². The van der Waals surface area contributed by atoms with Gasteiger partial charge in [-0.1, -0.05) is 11.6 Å². The zero-order chi connectivity index (χ0) is 12.1. The highest BCUT2D eigenvalue weighted by molar-refractivity contribution is 6.32. The number of carbonyl (C=O) groups excluding carboxylic acids is 1. The minimum atomic E-state index is -0.661. The van der Waals surface area contributed by atoms with Crippen molar-refractivity contribution in [3.8, 4) is 11.8 Å². The van der Waals surface area contributed by atoms with Crippen molar-refractivity contribution in [2.75, 3.05) is 7.11 Å². The quantitative estimate of drug-likeness (QED) is 0.817. The molecule has 0 aliphatic rings. The van der Waals surface area contributed by atoms with Gasteiger partial charge in [-0.25, -0.2) is 0 Å². The van der Waals surface area contributed by atoms with Gasteiger partial charge in [0.2, 0.25) is 0 Å². The molecule has 0 aliphatic carbocycles. The number of ether oxygens (including phenoxy) is 1. The first-order valence-corrected chi connectivity index (χ1v) is 4.97. The molecule has 1 aromatic carbocycles. The van der Waals surface area contributed by atoms with Gasteiger partial charge in [-0.05, 0) is 30.2 Å². The number of nitriles is 1. The number of nitrogens with zero attached hydrogens (tertiary/aromatic N) is 1. The van der Waals surface area contributed by atoms with Crippen LogP contribution in [0.15, 0.2) is 12.1 Å². The van der Waals surface area contributed by atoms with Crippen molar-refractivity contribution in [2.24, 2.45) is 0 Å².